The lowest BCUT2D eigenvalue weighted by Crippen LogP contribution is -2.13. The Morgan fingerprint density at radius 1 is 1.45 bits per heavy atom. The van der Waals surface area contributed by atoms with Gasteiger partial charge in [0.1, 0.15) is 12.4 Å². The van der Waals surface area contributed by atoms with Crippen molar-refractivity contribution in [1.29, 1.82) is 0 Å². The number of carbonyl (C=O) groups excluding carboxylic acids is 1. The summed E-state index contributed by atoms with van der Waals surface area (Å²) in [5.41, 5.74) is 0.461. The maximum atomic E-state index is 13.3. The van der Waals surface area contributed by atoms with Crippen LogP contribution < -0.4 is 5.32 Å². The first-order valence-electron chi connectivity index (χ1n) is 5.47. The Bertz CT molecular complexity index is 672. The van der Waals surface area contributed by atoms with Gasteiger partial charge in [-0.15, -0.1) is 0 Å². The minimum Gasteiger partial charge on any atom is -0.480 e. The van der Waals surface area contributed by atoms with E-state index < -0.39 is 17.7 Å². The molecule has 2 rings (SSSR count). The number of hydrogen-bond donors (Lipinski definition) is 2. The van der Waals surface area contributed by atoms with Gasteiger partial charge in [-0.2, -0.15) is 5.10 Å². The summed E-state index contributed by atoms with van der Waals surface area (Å²) in [6, 6.07) is 4.11. The number of carboxylic acid groups (broad SMARTS) is 1. The monoisotopic (exact) mass is 341 g/mol. The molecule has 0 bridgehead atoms. The molecular formula is C12H9BrFN3O3. The van der Waals surface area contributed by atoms with E-state index >= 15 is 0 Å². The number of hydrogen-bond acceptors (Lipinski definition) is 3. The second-order valence-corrected chi connectivity index (χ2v) is 4.67. The number of benzene rings is 1. The molecule has 0 saturated heterocycles. The average molecular weight is 342 g/mol. The molecule has 20 heavy (non-hydrogen) atoms. The predicted molar refractivity (Wildman–Crippen MR) is 71.9 cm³/mol. The molecule has 0 aliphatic carbocycles. The highest BCUT2D eigenvalue weighted by Gasteiger charge is 2.14. The number of aromatic nitrogens is 2. The largest absolute Gasteiger partial charge is 0.480 e. The molecule has 2 aromatic rings. The maximum absolute atomic E-state index is 13.3. The van der Waals surface area contributed by atoms with Crippen LogP contribution in [0, 0.1) is 5.82 Å². The zero-order valence-electron chi connectivity index (χ0n) is 10.0. The van der Waals surface area contributed by atoms with Crippen LogP contribution in [0.25, 0.3) is 0 Å². The number of nitrogens with one attached hydrogen (secondary N) is 1. The topological polar surface area (TPSA) is 84.2 Å². The minimum absolute atomic E-state index is 0.0652. The minimum atomic E-state index is -1.04. The van der Waals surface area contributed by atoms with E-state index in [1.54, 1.807) is 0 Å². The first kappa shape index (κ1) is 14.2. The number of halogens is 2. The average Bonchev–Trinajstić information content (AvgIpc) is 2.79. The second-order valence-electron chi connectivity index (χ2n) is 3.88. The van der Waals surface area contributed by atoms with E-state index in [2.05, 4.69) is 26.3 Å². The van der Waals surface area contributed by atoms with Gasteiger partial charge in [-0.3, -0.25) is 14.3 Å². The molecule has 0 fully saturated rings. The number of amides is 1. The van der Waals surface area contributed by atoms with Gasteiger partial charge in [0.25, 0.3) is 5.91 Å². The Morgan fingerprint density at radius 2 is 2.20 bits per heavy atom. The Kier molecular flexibility index (Phi) is 4.14. The normalized spacial score (nSPS) is 10.3. The number of carbonyl (C=O) groups is 2. The molecule has 0 aliphatic rings. The predicted octanol–water partition coefficient (Wildman–Crippen LogP) is 2.12. The Balaban J connectivity index is 2.13. The van der Waals surface area contributed by atoms with Crippen LogP contribution in [0.5, 0.6) is 0 Å². The van der Waals surface area contributed by atoms with Crippen LogP contribution in [0.1, 0.15) is 10.4 Å². The zero-order chi connectivity index (χ0) is 14.7. The van der Waals surface area contributed by atoms with Crippen molar-refractivity contribution < 1.29 is 19.1 Å². The van der Waals surface area contributed by atoms with E-state index in [0.717, 1.165) is 0 Å². The molecule has 0 radical (unpaired) electrons. The quantitative estimate of drug-likeness (QED) is 0.892. The van der Waals surface area contributed by atoms with Crippen molar-refractivity contribution in [2.24, 2.45) is 0 Å². The summed E-state index contributed by atoms with van der Waals surface area (Å²) >= 11 is 3.00. The van der Waals surface area contributed by atoms with E-state index in [9.17, 15) is 14.0 Å². The van der Waals surface area contributed by atoms with E-state index in [4.69, 9.17) is 5.11 Å². The lowest BCUT2D eigenvalue weighted by atomic mass is 10.2. The van der Waals surface area contributed by atoms with Gasteiger partial charge < -0.3 is 10.4 Å². The third kappa shape index (κ3) is 3.21. The van der Waals surface area contributed by atoms with Gasteiger partial charge in [-0.25, -0.2) is 4.39 Å². The SMILES string of the molecule is O=C(O)Cn1cc(NC(=O)c2cccc(F)c2Br)cn1. The van der Waals surface area contributed by atoms with Gasteiger partial charge in [0.05, 0.1) is 21.9 Å². The zero-order valence-corrected chi connectivity index (χ0v) is 11.6. The van der Waals surface area contributed by atoms with Crippen molar-refractivity contribution in [1.82, 2.24) is 9.78 Å². The highest BCUT2D eigenvalue weighted by Crippen LogP contribution is 2.21. The molecule has 8 heteroatoms. The summed E-state index contributed by atoms with van der Waals surface area (Å²) in [4.78, 5) is 22.5. The van der Waals surface area contributed by atoms with Gasteiger partial charge in [0.15, 0.2) is 0 Å². The Labute approximate surface area is 121 Å². The first-order valence-corrected chi connectivity index (χ1v) is 6.26. The summed E-state index contributed by atoms with van der Waals surface area (Å²) in [7, 11) is 0. The summed E-state index contributed by atoms with van der Waals surface area (Å²) in [5, 5.41) is 14.9. The van der Waals surface area contributed by atoms with Crippen LogP contribution in [0.15, 0.2) is 35.1 Å². The molecule has 6 nitrogen and oxygen atoms in total. The van der Waals surface area contributed by atoms with Gasteiger partial charge in [0, 0.05) is 6.20 Å². The van der Waals surface area contributed by atoms with Gasteiger partial charge in [-0.1, -0.05) is 6.07 Å². The van der Waals surface area contributed by atoms with E-state index in [0.29, 0.717) is 5.69 Å². The number of carboxylic acids is 1. The van der Waals surface area contributed by atoms with Crippen LogP contribution in [-0.2, 0) is 11.3 Å². The molecular weight excluding hydrogens is 333 g/mol. The maximum Gasteiger partial charge on any atom is 0.325 e. The standard InChI is InChI=1S/C12H9BrFN3O3/c13-11-8(2-1-3-9(11)14)12(20)16-7-4-15-17(5-7)6-10(18)19/h1-5H,6H2,(H,16,20)(H,18,19). The summed E-state index contributed by atoms with van der Waals surface area (Å²) in [6.07, 6.45) is 2.69. The molecule has 104 valence electrons. The summed E-state index contributed by atoms with van der Waals surface area (Å²) in [6.45, 7) is -0.306. The molecule has 2 N–H and O–H groups in total. The molecule has 0 saturated carbocycles. The van der Waals surface area contributed by atoms with E-state index in [1.807, 2.05) is 0 Å². The lowest BCUT2D eigenvalue weighted by molar-refractivity contribution is -0.137. The van der Waals surface area contributed by atoms with Gasteiger partial charge >= 0.3 is 5.97 Å². The van der Waals surface area contributed by atoms with Crippen molar-refractivity contribution in [3.05, 3.63) is 46.4 Å². The molecule has 1 amide bonds. The van der Waals surface area contributed by atoms with Crippen LogP contribution in [0.4, 0.5) is 10.1 Å². The molecule has 1 aromatic heterocycles. The Hall–Kier alpha value is -2.22. The van der Waals surface area contributed by atoms with Crippen molar-refractivity contribution in [2.45, 2.75) is 6.54 Å². The number of aliphatic carboxylic acids is 1. The summed E-state index contributed by atoms with van der Waals surface area (Å²) in [5.74, 6) is -2.11. The van der Waals surface area contributed by atoms with Crippen LogP contribution in [-0.4, -0.2) is 26.8 Å². The fourth-order valence-electron chi connectivity index (χ4n) is 1.53. The third-order valence-electron chi connectivity index (χ3n) is 2.38. The fraction of sp³-hybridized carbons (Fsp3) is 0.0833. The molecule has 0 unspecified atom stereocenters. The van der Waals surface area contributed by atoms with Crippen molar-refractivity contribution in [2.75, 3.05) is 5.32 Å². The number of nitrogens with zero attached hydrogens (tertiary/aromatic N) is 2. The van der Waals surface area contributed by atoms with Crippen LogP contribution >= 0.6 is 15.9 Å². The molecule has 0 atom stereocenters. The van der Waals surface area contributed by atoms with Crippen molar-refractivity contribution >= 4 is 33.5 Å². The molecule has 0 aliphatic heterocycles. The van der Waals surface area contributed by atoms with Gasteiger partial charge in [0.2, 0.25) is 0 Å². The van der Waals surface area contributed by atoms with Gasteiger partial charge in [-0.05, 0) is 28.1 Å². The van der Waals surface area contributed by atoms with Crippen LogP contribution in [0.3, 0.4) is 0 Å². The highest BCUT2D eigenvalue weighted by atomic mass is 79.9. The van der Waals surface area contributed by atoms with E-state index in [-0.39, 0.29) is 16.6 Å². The number of anilines is 1. The lowest BCUT2D eigenvalue weighted by Gasteiger charge is -2.05. The van der Waals surface area contributed by atoms with E-state index in [1.165, 1.54) is 35.3 Å². The molecule has 0 spiro atoms. The van der Waals surface area contributed by atoms with Crippen molar-refractivity contribution in [3.8, 4) is 0 Å². The molecule has 1 aromatic carbocycles. The fourth-order valence-corrected chi connectivity index (χ4v) is 1.98. The summed E-state index contributed by atoms with van der Waals surface area (Å²) < 4.78 is 14.5. The van der Waals surface area contributed by atoms with Crippen molar-refractivity contribution in [3.63, 3.8) is 0 Å². The number of rotatable bonds is 4. The first-order chi connectivity index (χ1) is 9.47. The smallest absolute Gasteiger partial charge is 0.325 e. The molecule has 1 heterocycles. The Morgan fingerprint density at radius 3 is 2.90 bits per heavy atom. The highest BCUT2D eigenvalue weighted by molar-refractivity contribution is 9.10. The van der Waals surface area contributed by atoms with Crippen LogP contribution in [0.2, 0.25) is 0 Å². The third-order valence-corrected chi connectivity index (χ3v) is 3.19. The second kappa shape index (κ2) is 5.83.